The standard InChI is InChI=1S/C6H11.2C4H9.FH.Sn/c1-2-4-6-5-3-1;2*1-3-4-2;;/h1H,2-6H2;2*1,3-4H2,2H3;1H;/q;;;;+1/p-1. The van der Waals surface area contributed by atoms with Gasteiger partial charge >= 0.3 is 104 Å². The topological polar surface area (TPSA) is 0 Å². The van der Waals surface area contributed by atoms with Crippen LogP contribution in [0.1, 0.15) is 71.6 Å². The van der Waals surface area contributed by atoms with Gasteiger partial charge in [-0.05, 0) is 0 Å². The molecule has 0 atom stereocenters. The third-order valence-electron chi connectivity index (χ3n) is 3.89. The SMILES string of the molecule is CCC[CH2][Sn+]([CH2]CCC)[CH]1CCCCC1.[F-]. The first kappa shape index (κ1) is 16.7. The molecule has 0 unspecified atom stereocenters. The fraction of sp³-hybridized carbons (Fsp3) is 1.00. The summed E-state index contributed by atoms with van der Waals surface area (Å²) in [7, 11) is 0. The predicted molar refractivity (Wildman–Crippen MR) is 72.0 cm³/mol. The van der Waals surface area contributed by atoms with Gasteiger partial charge in [-0.15, -0.1) is 0 Å². The summed E-state index contributed by atoms with van der Waals surface area (Å²) in [5.74, 6) is 0. The summed E-state index contributed by atoms with van der Waals surface area (Å²) in [6.07, 6.45) is 13.9. The van der Waals surface area contributed by atoms with Crippen LogP contribution in [0.25, 0.3) is 0 Å². The van der Waals surface area contributed by atoms with Crippen molar-refractivity contribution in [1.29, 1.82) is 0 Å². The van der Waals surface area contributed by atoms with Gasteiger partial charge in [0.25, 0.3) is 0 Å². The second-order valence-electron chi connectivity index (χ2n) is 5.20. The first-order chi connectivity index (χ1) is 7.38. The van der Waals surface area contributed by atoms with Gasteiger partial charge in [-0.1, -0.05) is 0 Å². The Bertz CT molecular complexity index is 136. The van der Waals surface area contributed by atoms with Gasteiger partial charge in [0.15, 0.2) is 0 Å². The molecule has 0 aromatic carbocycles. The van der Waals surface area contributed by atoms with Crippen LogP contribution in [-0.2, 0) is 0 Å². The summed E-state index contributed by atoms with van der Waals surface area (Å²) in [5.41, 5.74) is 0. The van der Waals surface area contributed by atoms with Crippen molar-refractivity contribution in [1.82, 2.24) is 0 Å². The summed E-state index contributed by atoms with van der Waals surface area (Å²) in [4.78, 5) is 0. The normalized spacial score (nSPS) is 16.9. The minimum atomic E-state index is -0.943. The van der Waals surface area contributed by atoms with E-state index in [1.54, 1.807) is 47.4 Å². The van der Waals surface area contributed by atoms with Crippen molar-refractivity contribution in [3.63, 3.8) is 0 Å². The second-order valence-corrected chi connectivity index (χ2v) is 14.1. The van der Waals surface area contributed by atoms with Crippen molar-refractivity contribution in [2.75, 3.05) is 0 Å². The molecule has 1 rings (SSSR count). The van der Waals surface area contributed by atoms with Crippen LogP contribution in [0.3, 0.4) is 0 Å². The van der Waals surface area contributed by atoms with E-state index in [0.717, 1.165) is 0 Å². The van der Waals surface area contributed by atoms with Gasteiger partial charge in [0, 0.05) is 0 Å². The van der Waals surface area contributed by atoms with Crippen molar-refractivity contribution in [3.05, 3.63) is 0 Å². The minimum Gasteiger partial charge on any atom is -1.00 e. The van der Waals surface area contributed by atoms with Crippen molar-refractivity contribution >= 4 is 19.8 Å². The summed E-state index contributed by atoms with van der Waals surface area (Å²) in [6.45, 7) is 4.73. The van der Waals surface area contributed by atoms with Crippen molar-refractivity contribution < 1.29 is 4.70 Å². The quantitative estimate of drug-likeness (QED) is 0.627. The molecule has 1 aliphatic carbocycles. The Kier molecular flexibility index (Phi) is 11.4. The first-order valence-electron chi connectivity index (χ1n) is 7.23. The van der Waals surface area contributed by atoms with E-state index in [-0.39, 0.29) is 4.70 Å². The van der Waals surface area contributed by atoms with E-state index in [4.69, 9.17) is 0 Å². The minimum absolute atomic E-state index is 0. The molecule has 0 amide bonds. The zero-order chi connectivity index (χ0) is 10.9. The van der Waals surface area contributed by atoms with Gasteiger partial charge in [0.1, 0.15) is 0 Å². The van der Waals surface area contributed by atoms with Crippen molar-refractivity contribution in [3.8, 4) is 0 Å². The molecular formula is C14H29FSn. The molecule has 96 valence electrons. The number of hydrogen-bond donors (Lipinski definition) is 0. The van der Waals surface area contributed by atoms with Crippen LogP contribution in [-0.4, -0.2) is 19.8 Å². The molecular weight excluding hydrogens is 306 g/mol. The van der Waals surface area contributed by atoms with E-state index in [1.807, 2.05) is 0 Å². The third kappa shape index (κ3) is 6.46. The molecule has 0 saturated heterocycles. The van der Waals surface area contributed by atoms with Crippen molar-refractivity contribution in [2.24, 2.45) is 0 Å². The molecule has 1 fully saturated rings. The average molecular weight is 335 g/mol. The molecule has 1 saturated carbocycles. The van der Waals surface area contributed by atoms with E-state index in [2.05, 4.69) is 13.8 Å². The molecule has 0 N–H and O–H groups in total. The Labute approximate surface area is 109 Å². The summed E-state index contributed by atoms with van der Waals surface area (Å²) < 4.78 is 4.71. The van der Waals surface area contributed by atoms with E-state index in [9.17, 15) is 0 Å². The molecule has 2 heteroatoms. The van der Waals surface area contributed by atoms with Crippen LogP contribution in [0.5, 0.6) is 0 Å². The fourth-order valence-corrected chi connectivity index (χ4v) is 14.0. The molecule has 0 heterocycles. The van der Waals surface area contributed by atoms with Crippen LogP contribution in [0, 0.1) is 0 Å². The molecule has 16 heavy (non-hydrogen) atoms. The fourth-order valence-electron chi connectivity index (χ4n) is 2.85. The molecule has 0 bridgehead atoms. The zero-order valence-corrected chi connectivity index (χ0v) is 14.1. The van der Waals surface area contributed by atoms with Gasteiger partial charge in [0.05, 0.1) is 0 Å². The zero-order valence-electron chi connectivity index (χ0n) is 11.2. The Balaban J connectivity index is 0.00000225. The summed E-state index contributed by atoms with van der Waals surface area (Å²) in [6, 6.07) is 0. The molecule has 0 radical (unpaired) electrons. The van der Waals surface area contributed by atoms with Crippen LogP contribution >= 0.6 is 0 Å². The number of rotatable bonds is 7. The van der Waals surface area contributed by atoms with Gasteiger partial charge in [-0.25, -0.2) is 0 Å². The number of halogens is 1. The molecule has 0 nitrogen and oxygen atoms in total. The van der Waals surface area contributed by atoms with Gasteiger partial charge < -0.3 is 4.70 Å². The molecule has 1 aliphatic rings. The maximum atomic E-state index is 2.36. The van der Waals surface area contributed by atoms with Gasteiger partial charge in [-0.3, -0.25) is 0 Å². The Morgan fingerprint density at radius 1 is 0.875 bits per heavy atom. The van der Waals surface area contributed by atoms with Crippen LogP contribution in [0.4, 0.5) is 0 Å². The van der Waals surface area contributed by atoms with Gasteiger partial charge in [-0.2, -0.15) is 0 Å². The van der Waals surface area contributed by atoms with Crippen LogP contribution in [0.2, 0.25) is 12.8 Å². The van der Waals surface area contributed by atoms with Gasteiger partial charge in [0.2, 0.25) is 0 Å². The van der Waals surface area contributed by atoms with Crippen LogP contribution in [0.15, 0.2) is 0 Å². The molecule has 0 aromatic rings. The number of unbranched alkanes of at least 4 members (excludes halogenated alkanes) is 2. The summed E-state index contributed by atoms with van der Waals surface area (Å²) >= 11 is -0.943. The Morgan fingerprint density at radius 3 is 1.81 bits per heavy atom. The number of hydrogen-bond acceptors (Lipinski definition) is 0. The Hall–Kier alpha value is 0.729. The average Bonchev–Trinajstić information content (AvgIpc) is 2.30. The smallest absolute Gasteiger partial charge is 1.00 e. The van der Waals surface area contributed by atoms with Crippen LogP contribution < -0.4 is 4.70 Å². The maximum Gasteiger partial charge on any atom is -1.00 e. The van der Waals surface area contributed by atoms with E-state index < -0.39 is 19.8 Å². The summed E-state index contributed by atoms with van der Waals surface area (Å²) in [5, 5.41) is 0. The predicted octanol–water partition coefficient (Wildman–Crippen LogP) is 2.42. The molecule has 0 spiro atoms. The Morgan fingerprint density at radius 2 is 1.38 bits per heavy atom. The van der Waals surface area contributed by atoms with Crippen molar-refractivity contribution in [2.45, 2.75) is 84.4 Å². The third-order valence-corrected chi connectivity index (χ3v) is 14.5. The second kappa shape index (κ2) is 10.9. The largest absolute Gasteiger partial charge is 1.00 e. The van der Waals surface area contributed by atoms with E-state index in [1.165, 1.54) is 23.2 Å². The monoisotopic (exact) mass is 336 g/mol. The molecule has 0 aliphatic heterocycles. The first-order valence-corrected chi connectivity index (χ1v) is 12.9. The molecule has 0 aromatic heterocycles. The maximum absolute atomic E-state index is 2.36. The van der Waals surface area contributed by atoms with E-state index in [0.29, 0.717) is 0 Å². The van der Waals surface area contributed by atoms with E-state index >= 15 is 0 Å².